The molecule has 1 amide bonds. The van der Waals surface area contributed by atoms with Gasteiger partial charge in [-0.1, -0.05) is 18.2 Å². The van der Waals surface area contributed by atoms with Gasteiger partial charge in [-0.2, -0.15) is 0 Å². The van der Waals surface area contributed by atoms with Gasteiger partial charge in [-0.25, -0.2) is 4.98 Å². The molecule has 100 valence electrons. The summed E-state index contributed by atoms with van der Waals surface area (Å²) in [6.45, 7) is 2.06. The quantitative estimate of drug-likeness (QED) is 0.882. The third kappa shape index (κ3) is 3.54. The van der Waals surface area contributed by atoms with E-state index in [4.69, 9.17) is 0 Å². The SMILES string of the molecule is CNC(=O)Cc1ccccc1NC(C)c1cscn1. The molecule has 0 bridgehead atoms. The van der Waals surface area contributed by atoms with E-state index in [1.807, 2.05) is 35.2 Å². The van der Waals surface area contributed by atoms with Gasteiger partial charge in [-0.15, -0.1) is 11.3 Å². The number of benzene rings is 1. The van der Waals surface area contributed by atoms with E-state index < -0.39 is 0 Å². The summed E-state index contributed by atoms with van der Waals surface area (Å²) in [5.74, 6) is 0.00978. The highest BCUT2D eigenvalue weighted by molar-refractivity contribution is 7.07. The zero-order chi connectivity index (χ0) is 13.7. The molecule has 2 aromatic rings. The molecule has 1 aromatic heterocycles. The number of carbonyl (C=O) groups is 1. The van der Waals surface area contributed by atoms with Gasteiger partial charge in [0.25, 0.3) is 0 Å². The monoisotopic (exact) mass is 275 g/mol. The molecule has 0 spiro atoms. The van der Waals surface area contributed by atoms with Crippen molar-refractivity contribution in [2.75, 3.05) is 12.4 Å². The third-order valence-corrected chi connectivity index (χ3v) is 3.52. The average Bonchev–Trinajstić information content (AvgIpc) is 2.95. The van der Waals surface area contributed by atoms with Crippen LogP contribution in [-0.4, -0.2) is 17.9 Å². The van der Waals surface area contributed by atoms with Gasteiger partial charge >= 0.3 is 0 Å². The van der Waals surface area contributed by atoms with E-state index in [-0.39, 0.29) is 11.9 Å². The number of anilines is 1. The van der Waals surface area contributed by atoms with Gasteiger partial charge in [0.15, 0.2) is 0 Å². The van der Waals surface area contributed by atoms with Crippen molar-refractivity contribution < 1.29 is 4.79 Å². The fraction of sp³-hybridized carbons (Fsp3) is 0.286. The fourth-order valence-corrected chi connectivity index (χ4v) is 2.47. The maximum atomic E-state index is 11.5. The van der Waals surface area contributed by atoms with Gasteiger partial charge in [0, 0.05) is 18.1 Å². The molecule has 1 heterocycles. The maximum absolute atomic E-state index is 11.5. The number of rotatable bonds is 5. The van der Waals surface area contributed by atoms with Crippen LogP contribution in [0.1, 0.15) is 24.2 Å². The molecule has 0 fully saturated rings. The lowest BCUT2D eigenvalue weighted by Gasteiger charge is -2.16. The summed E-state index contributed by atoms with van der Waals surface area (Å²) in [5.41, 5.74) is 4.81. The Bertz CT molecular complexity index is 539. The fourth-order valence-electron chi connectivity index (χ4n) is 1.82. The van der Waals surface area contributed by atoms with Crippen LogP contribution in [-0.2, 0) is 11.2 Å². The highest BCUT2D eigenvalue weighted by Crippen LogP contribution is 2.22. The number of aromatic nitrogens is 1. The third-order valence-electron chi connectivity index (χ3n) is 2.91. The second-order valence-electron chi connectivity index (χ2n) is 4.29. The lowest BCUT2D eigenvalue weighted by atomic mass is 10.1. The predicted molar refractivity (Wildman–Crippen MR) is 78.4 cm³/mol. The summed E-state index contributed by atoms with van der Waals surface area (Å²) in [4.78, 5) is 15.8. The summed E-state index contributed by atoms with van der Waals surface area (Å²) in [5, 5.41) is 8.08. The van der Waals surface area contributed by atoms with Crippen LogP contribution >= 0.6 is 11.3 Å². The number of hydrogen-bond acceptors (Lipinski definition) is 4. The second-order valence-corrected chi connectivity index (χ2v) is 5.01. The minimum atomic E-state index is 0.00978. The molecule has 0 aliphatic carbocycles. The van der Waals surface area contributed by atoms with E-state index in [9.17, 15) is 4.79 Å². The van der Waals surface area contributed by atoms with Crippen molar-refractivity contribution in [1.82, 2.24) is 10.3 Å². The molecule has 19 heavy (non-hydrogen) atoms. The van der Waals surface area contributed by atoms with E-state index in [0.717, 1.165) is 16.9 Å². The van der Waals surface area contributed by atoms with Crippen LogP contribution in [0.2, 0.25) is 0 Å². The molecule has 5 heteroatoms. The van der Waals surface area contributed by atoms with Crippen molar-refractivity contribution in [3.63, 3.8) is 0 Å². The van der Waals surface area contributed by atoms with Crippen LogP contribution in [0.3, 0.4) is 0 Å². The van der Waals surface area contributed by atoms with E-state index in [2.05, 4.69) is 22.5 Å². The van der Waals surface area contributed by atoms with E-state index in [0.29, 0.717) is 6.42 Å². The van der Waals surface area contributed by atoms with Crippen molar-refractivity contribution in [3.8, 4) is 0 Å². The van der Waals surface area contributed by atoms with Crippen molar-refractivity contribution >= 4 is 22.9 Å². The number of amides is 1. The van der Waals surface area contributed by atoms with E-state index in [1.165, 1.54) is 0 Å². The molecule has 1 atom stereocenters. The van der Waals surface area contributed by atoms with Crippen molar-refractivity contribution in [2.24, 2.45) is 0 Å². The lowest BCUT2D eigenvalue weighted by Crippen LogP contribution is -2.21. The first-order valence-electron chi connectivity index (χ1n) is 6.14. The van der Waals surface area contributed by atoms with Crippen LogP contribution in [0.15, 0.2) is 35.2 Å². The van der Waals surface area contributed by atoms with Crippen LogP contribution in [0.5, 0.6) is 0 Å². The first-order chi connectivity index (χ1) is 9.20. The van der Waals surface area contributed by atoms with Gasteiger partial charge in [-0.3, -0.25) is 4.79 Å². The van der Waals surface area contributed by atoms with Crippen LogP contribution in [0, 0.1) is 0 Å². The van der Waals surface area contributed by atoms with Gasteiger partial charge in [0.05, 0.1) is 23.7 Å². The van der Waals surface area contributed by atoms with Gasteiger partial charge in [0.1, 0.15) is 0 Å². The predicted octanol–water partition coefficient (Wildman–Crippen LogP) is 2.60. The number of thiazole rings is 1. The Labute approximate surface area is 116 Å². The normalized spacial score (nSPS) is 11.9. The molecular formula is C14H17N3OS. The minimum Gasteiger partial charge on any atom is -0.377 e. The Morgan fingerprint density at radius 2 is 2.21 bits per heavy atom. The molecular weight excluding hydrogens is 258 g/mol. The highest BCUT2D eigenvalue weighted by Gasteiger charge is 2.11. The number of carbonyl (C=O) groups excluding carboxylic acids is 1. The summed E-state index contributed by atoms with van der Waals surface area (Å²) in [6, 6.07) is 7.98. The Hall–Kier alpha value is -1.88. The minimum absolute atomic E-state index is 0.00978. The molecule has 0 saturated heterocycles. The van der Waals surface area contributed by atoms with Gasteiger partial charge in [-0.05, 0) is 18.6 Å². The molecule has 2 N–H and O–H groups in total. The Morgan fingerprint density at radius 1 is 1.42 bits per heavy atom. The number of para-hydroxylation sites is 1. The molecule has 0 radical (unpaired) electrons. The maximum Gasteiger partial charge on any atom is 0.224 e. The van der Waals surface area contributed by atoms with Gasteiger partial charge < -0.3 is 10.6 Å². The van der Waals surface area contributed by atoms with E-state index in [1.54, 1.807) is 18.4 Å². The Morgan fingerprint density at radius 3 is 2.89 bits per heavy atom. The zero-order valence-electron chi connectivity index (χ0n) is 11.0. The Balaban J connectivity index is 2.13. The number of nitrogens with zero attached hydrogens (tertiary/aromatic N) is 1. The van der Waals surface area contributed by atoms with Gasteiger partial charge in [0.2, 0.25) is 5.91 Å². The molecule has 0 saturated carbocycles. The van der Waals surface area contributed by atoms with E-state index >= 15 is 0 Å². The zero-order valence-corrected chi connectivity index (χ0v) is 11.8. The molecule has 1 unspecified atom stereocenters. The average molecular weight is 275 g/mol. The largest absolute Gasteiger partial charge is 0.377 e. The molecule has 0 aliphatic heterocycles. The van der Waals surface area contributed by atoms with Crippen molar-refractivity contribution in [3.05, 3.63) is 46.4 Å². The van der Waals surface area contributed by atoms with Crippen molar-refractivity contribution in [2.45, 2.75) is 19.4 Å². The van der Waals surface area contributed by atoms with Crippen LogP contribution in [0.4, 0.5) is 5.69 Å². The second kappa shape index (κ2) is 6.33. The lowest BCUT2D eigenvalue weighted by molar-refractivity contribution is -0.119. The van der Waals surface area contributed by atoms with Crippen LogP contribution in [0.25, 0.3) is 0 Å². The summed E-state index contributed by atoms with van der Waals surface area (Å²) >= 11 is 1.58. The molecule has 2 rings (SSSR count). The summed E-state index contributed by atoms with van der Waals surface area (Å²) < 4.78 is 0. The topological polar surface area (TPSA) is 54.0 Å². The number of hydrogen-bond donors (Lipinski definition) is 2. The first kappa shape index (κ1) is 13.5. The smallest absolute Gasteiger partial charge is 0.224 e. The summed E-state index contributed by atoms with van der Waals surface area (Å²) in [6.07, 6.45) is 0.378. The highest BCUT2D eigenvalue weighted by atomic mass is 32.1. The van der Waals surface area contributed by atoms with Crippen LogP contribution < -0.4 is 10.6 Å². The van der Waals surface area contributed by atoms with Crippen molar-refractivity contribution in [1.29, 1.82) is 0 Å². The molecule has 0 aliphatic rings. The number of likely N-dealkylation sites (N-methyl/N-ethyl adjacent to an activating group) is 1. The standard InChI is InChI=1S/C14H17N3OS/c1-10(13-8-19-9-16-13)17-12-6-4-3-5-11(12)7-14(18)15-2/h3-6,8-10,17H,7H2,1-2H3,(H,15,18). The Kier molecular flexibility index (Phi) is 4.52. The number of nitrogens with one attached hydrogen (secondary N) is 2. The molecule has 4 nitrogen and oxygen atoms in total. The summed E-state index contributed by atoms with van der Waals surface area (Å²) in [7, 11) is 1.65. The molecule has 1 aromatic carbocycles. The first-order valence-corrected chi connectivity index (χ1v) is 7.08.